The Bertz CT molecular complexity index is 1670. The van der Waals surface area contributed by atoms with Crippen molar-refractivity contribution in [2.75, 3.05) is 19.4 Å². The number of nitrogens with one attached hydrogen (secondary N) is 1. The molecule has 0 bridgehead atoms. The number of nitrogens with zero attached hydrogens (tertiary/aromatic N) is 1. The van der Waals surface area contributed by atoms with Gasteiger partial charge in [0.15, 0.2) is 34.7 Å². The van der Waals surface area contributed by atoms with Crippen LogP contribution in [0.4, 0.5) is 5.69 Å². The molecule has 2 saturated carbocycles. The molecule has 0 aromatic heterocycles. The van der Waals surface area contributed by atoms with Crippen molar-refractivity contribution in [2.24, 2.45) is 29.4 Å². The van der Waals surface area contributed by atoms with Crippen molar-refractivity contribution in [3.63, 3.8) is 0 Å². The third-order valence-electron chi connectivity index (χ3n) is 9.51. The number of Topliss-reactive ketones (excluding diaryl/α,β-unsaturated/α-hetero) is 4. The molecule has 2 aromatic rings. The van der Waals surface area contributed by atoms with E-state index in [1.54, 1.807) is 26.2 Å². The Morgan fingerprint density at radius 2 is 1.74 bits per heavy atom. The number of allylic oxidation sites excluding steroid dienone is 3. The van der Waals surface area contributed by atoms with Crippen LogP contribution in [0.1, 0.15) is 39.9 Å². The number of aromatic hydroxyl groups is 1. The first kappa shape index (κ1) is 28.7. The smallest absolute Gasteiger partial charge is 0.235 e. The van der Waals surface area contributed by atoms with Gasteiger partial charge in [-0.1, -0.05) is 42.0 Å². The minimum atomic E-state index is -2.74. The molecule has 4 aliphatic rings. The van der Waals surface area contributed by atoms with Crippen molar-refractivity contribution in [1.29, 1.82) is 0 Å². The SMILES string of the molecule is Cc1ccc(C2=CC(Nc3ccc4c(c3O)C(=O)C3C(=O)[C@]5(O)C(=O)C(C(N)=O)C(=O)[C@@H](N(C)C)[C@@H]5C[C@@H]3C4)=CC2)cc1. The number of carbonyl (C=O) groups excluding carboxylic acids is 5. The van der Waals surface area contributed by atoms with Crippen LogP contribution in [0, 0.1) is 30.6 Å². The maximum atomic E-state index is 14.0. The van der Waals surface area contributed by atoms with Gasteiger partial charge in [-0.3, -0.25) is 28.9 Å². The second-order valence-electron chi connectivity index (χ2n) is 12.3. The Morgan fingerprint density at radius 3 is 2.40 bits per heavy atom. The van der Waals surface area contributed by atoms with Crippen molar-refractivity contribution in [3.8, 4) is 5.75 Å². The molecule has 2 fully saturated rings. The van der Waals surface area contributed by atoms with Crippen molar-refractivity contribution in [2.45, 2.75) is 37.8 Å². The van der Waals surface area contributed by atoms with Gasteiger partial charge in [-0.2, -0.15) is 0 Å². The standard InChI is InChI=1S/C33H33N3O7/c1-15-4-6-16(7-5-15)17-8-10-20(13-17)35-22-11-9-18-12-19-14-21-26(36(2)3)29(39)25(32(34)42)31(41)33(21,43)30(40)24(19)28(38)23(18)27(22)37/h4-7,9-11,13,19,21,24-26,35,37,43H,8,12,14H2,1-3H3,(H2,34,42)/t19-,21-,24?,25?,26-,33-/m0/s1. The van der Waals surface area contributed by atoms with E-state index in [1.807, 2.05) is 43.3 Å². The lowest BCUT2D eigenvalue weighted by Gasteiger charge is -2.52. The van der Waals surface area contributed by atoms with Crippen molar-refractivity contribution in [1.82, 2.24) is 4.90 Å². The maximum absolute atomic E-state index is 14.0. The average molecular weight is 584 g/mol. The molecular weight excluding hydrogens is 550 g/mol. The van der Waals surface area contributed by atoms with Gasteiger partial charge >= 0.3 is 0 Å². The van der Waals surface area contributed by atoms with Gasteiger partial charge in [0.25, 0.3) is 0 Å². The van der Waals surface area contributed by atoms with E-state index in [4.69, 9.17) is 5.73 Å². The van der Waals surface area contributed by atoms with Crippen molar-refractivity contribution in [3.05, 3.63) is 76.5 Å². The molecule has 0 aliphatic heterocycles. The highest BCUT2D eigenvalue weighted by molar-refractivity contribution is 6.32. The molecule has 10 nitrogen and oxygen atoms in total. The zero-order valence-electron chi connectivity index (χ0n) is 24.1. The molecule has 6 rings (SSSR count). The largest absolute Gasteiger partial charge is 0.505 e. The van der Waals surface area contributed by atoms with Gasteiger partial charge in [0.2, 0.25) is 5.91 Å². The van der Waals surface area contributed by atoms with Gasteiger partial charge in [0.1, 0.15) is 5.75 Å². The monoisotopic (exact) mass is 583 g/mol. The Labute approximate surface area is 248 Å². The number of rotatable bonds is 5. The maximum Gasteiger partial charge on any atom is 0.235 e. The zero-order valence-corrected chi connectivity index (χ0v) is 24.1. The molecule has 222 valence electrons. The van der Waals surface area contributed by atoms with Gasteiger partial charge in [0, 0.05) is 11.6 Å². The second kappa shape index (κ2) is 10.1. The predicted molar refractivity (Wildman–Crippen MR) is 157 cm³/mol. The fraction of sp³-hybridized carbons (Fsp3) is 0.364. The third kappa shape index (κ3) is 4.27. The summed E-state index contributed by atoms with van der Waals surface area (Å²) in [6, 6.07) is 10.4. The van der Waals surface area contributed by atoms with E-state index in [-0.39, 0.29) is 29.8 Å². The van der Waals surface area contributed by atoms with Gasteiger partial charge in [0.05, 0.1) is 23.2 Å². The number of nitrogens with two attached hydrogens (primary N) is 1. The fourth-order valence-electron chi connectivity index (χ4n) is 7.42. The molecule has 0 radical (unpaired) electrons. The summed E-state index contributed by atoms with van der Waals surface area (Å²) >= 11 is 0. The van der Waals surface area contributed by atoms with E-state index in [2.05, 4.69) is 5.32 Å². The predicted octanol–water partition coefficient (Wildman–Crippen LogP) is 1.96. The van der Waals surface area contributed by atoms with E-state index >= 15 is 0 Å². The first-order valence-corrected chi connectivity index (χ1v) is 14.3. The molecule has 0 heterocycles. The summed E-state index contributed by atoms with van der Waals surface area (Å²) in [6.07, 6.45) is 4.86. The fourth-order valence-corrected chi connectivity index (χ4v) is 7.42. The van der Waals surface area contributed by atoms with Gasteiger partial charge in [-0.25, -0.2) is 0 Å². The van der Waals surface area contributed by atoms with E-state index < -0.39 is 64.4 Å². The van der Waals surface area contributed by atoms with Gasteiger partial charge in [-0.15, -0.1) is 0 Å². The zero-order chi connectivity index (χ0) is 31.0. The summed E-state index contributed by atoms with van der Waals surface area (Å²) in [6.45, 7) is 2.02. The number of carbonyl (C=O) groups is 5. The Morgan fingerprint density at radius 1 is 1.05 bits per heavy atom. The second-order valence-corrected chi connectivity index (χ2v) is 12.3. The molecule has 6 atom stereocenters. The van der Waals surface area contributed by atoms with Gasteiger partial charge in [-0.05, 0) is 75.0 Å². The van der Waals surface area contributed by atoms with Crippen LogP contribution in [0.3, 0.4) is 0 Å². The first-order chi connectivity index (χ1) is 20.3. The number of primary amides is 1. The number of hydrogen-bond donors (Lipinski definition) is 4. The van der Waals surface area contributed by atoms with Crippen molar-refractivity contribution >= 4 is 40.3 Å². The highest BCUT2D eigenvalue weighted by Gasteiger charge is 2.69. The van der Waals surface area contributed by atoms with Crippen LogP contribution in [0.25, 0.3) is 5.57 Å². The number of anilines is 1. The van der Waals surface area contributed by atoms with Crippen LogP contribution >= 0.6 is 0 Å². The lowest BCUT2D eigenvalue weighted by Crippen LogP contribution is -2.74. The summed E-state index contributed by atoms with van der Waals surface area (Å²) in [4.78, 5) is 68.1. The van der Waals surface area contributed by atoms with E-state index in [1.165, 1.54) is 4.90 Å². The average Bonchev–Trinajstić information content (AvgIpc) is 3.41. The Balaban J connectivity index is 1.33. The number of phenolic OH excluding ortho intramolecular Hbond substituents is 1. The molecular formula is C33H33N3O7. The van der Waals surface area contributed by atoms with Gasteiger partial charge < -0.3 is 21.3 Å². The van der Waals surface area contributed by atoms with Crippen LogP contribution in [0.15, 0.2) is 54.2 Å². The quantitative estimate of drug-likeness (QED) is 0.304. The summed E-state index contributed by atoms with van der Waals surface area (Å²) in [7, 11) is 3.11. The number of likely N-dealkylation sites (N-methyl/N-ethyl adjacent to an activating group) is 1. The number of phenols is 1. The molecule has 10 heteroatoms. The number of amides is 1. The highest BCUT2D eigenvalue weighted by Crippen LogP contribution is 2.51. The normalized spacial score (nSPS) is 29.9. The summed E-state index contributed by atoms with van der Waals surface area (Å²) in [5.41, 5.74) is 7.47. The molecule has 2 unspecified atom stereocenters. The van der Waals surface area contributed by atoms with E-state index in [9.17, 15) is 34.2 Å². The topological polar surface area (TPSA) is 167 Å². The highest BCUT2D eigenvalue weighted by atomic mass is 16.3. The molecule has 43 heavy (non-hydrogen) atoms. The molecule has 0 saturated heterocycles. The number of aliphatic hydroxyl groups is 1. The third-order valence-corrected chi connectivity index (χ3v) is 9.51. The number of ketones is 4. The Kier molecular flexibility index (Phi) is 6.74. The van der Waals surface area contributed by atoms with Crippen LogP contribution < -0.4 is 11.1 Å². The first-order valence-electron chi connectivity index (χ1n) is 14.3. The lowest BCUT2D eigenvalue weighted by atomic mass is 9.52. The number of hydrogen-bond acceptors (Lipinski definition) is 9. The number of benzene rings is 2. The molecule has 4 aliphatic carbocycles. The Hall–Kier alpha value is -4.41. The van der Waals surface area contributed by atoms with Crippen LogP contribution in [0.5, 0.6) is 5.75 Å². The van der Waals surface area contributed by atoms with Crippen LogP contribution in [0.2, 0.25) is 0 Å². The molecule has 2 aromatic carbocycles. The summed E-state index contributed by atoms with van der Waals surface area (Å²) in [5, 5.41) is 26.2. The van der Waals surface area contributed by atoms with E-state index in [0.717, 1.165) is 22.4 Å². The molecule has 5 N–H and O–H groups in total. The summed E-state index contributed by atoms with van der Waals surface area (Å²) in [5.74, 6) is -10.6. The van der Waals surface area contributed by atoms with E-state index in [0.29, 0.717) is 12.0 Å². The minimum Gasteiger partial charge on any atom is -0.505 e. The lowest BCUT2D eigenvalue weighted by molar-refractivity contribution is -0.181. The molecule has 0 spiro atoms. The summed E-state index contributed by atoms with van der Waals surface area (Å²) < 4.78 is 0. The molecule has 1 amide bonds. The van der Waals surface area contributed by atoms with Crippen molar-refractivity contribution < 1.29 is 34.2 Å². The van der Waals surface area contributed by atoms with Crippen LogP contribution in [-0.4, -0.2) is 69.9 Å². The minimum absolute atomic E-state index is 0.0180. The van der Waals surface area contributed by atoms with Crippen LogP contribution in [-0.2, 0) is 25.6 Å². The number of fused-ring (bicyclic) bond motifs is 3. The number of aryl methyl sites for hydroxylation is 1.